The van der Waals surface area contributed by atoms with Gasteiger partial charge in [-0.05, 0) is 30.7 Å². The van der Waals surface area contributed by atoms with Crippen molar-refractivity contribution in [2.45, 2.75) is 20.0 Å². The molecule has 0 aliphatic rings. The summed E-state index contributed by atoms with van der Waals surface area (Å²) in [6.45, 7) is 2.81. The van der Waals surface area contributed by atoms with Crippen LogP contribution >= 0.6 is 0 Å². The molecule has 0 spiro atoms. The van der Waals surface area contributed by atoms with Crippen LogP contribution in [0.2, 0.25) is 0 Å². The van der Waals surface area contributed by atoms with E-state index in [4.69, 9.17) is 14.3 Å². The van der Waals surface area contributed by atoms with Crippen molar-refractivity contribution in [3.05, 3.63) is 53.0 Å². The van der Waals surface area contributed by atoms with Gasteiger partial charge >= 0.3 is 5.97 Å². The highest BCUT2D eigenvalue weighted by Gasteiger charge is 2.13. The van der Waals surface area contributed by atoms with Gasteiger partial charge in [-0.2, -0.15) is 0 Å². The molecule has 1 aromatic heterocycles. The van der Waals surface area contributed by atoms with Gasteiger partial charge in [0.25, 0.3) is 0 Å². The van der Waals surface area contributed by atoms with E-state index in [1.54, 1.807) is 20.1 Å². The number of carboxylic acid groups (broad SMARTS) is 1. The van der Waals surface area contributed by atoms with E-state index < -0.39 is 5.97 Å². The van der Waals surface area contributed by atoms with E-state index >= 15 is 0 Å². The lowest BCUT2D eigenvalue weighted by Gasteiger charge is -2.04. The maximum absolute atomic E-state index is 10.9. The van der Waals surface area contributed by atoms with E-state index in [1.807, 2.05) is 24.3 Å². The molecule has 0 atom stereocenters. The zero-order valence-electron chi connectivity index (χ0n) is 11.5. The molecule has 0 radical (unpaired) electrons. The monoisotopic (exact) mass is 275 g/mol. The zero-order valence-corrected chi connectivity index (χ0v) is 11.5. The maximum atomic E-state index is 10.9. The number of hydrogen-bond donors (Lipinski definition) is 2. The summed E-state index contributed by atoms with van der Waals surface area (Å²) in [5.74, 6) is 0.904. The Balaban J connectivity index is 1.89. The molecule has 0 aliphatic heterocycles. The Labute approximate surface area is 117 Å². The van der Waals surface area contributed by atoms with Gasteiger partial charge in [-0.1, -0.05) is 12.1 Å². The second-order valence-electron chi connectivity index (χ2n) is 4.44. The van der Waals surface area contributed by atoms with Crippen molar-refractivity contribution < 1.29 is 19.1 Å². The fraction of sp³-hybridized carbons (Fsp3) is 0.267. The average Bonchev–Trinajstić information content (AvgIpc) is 2.81. The Bertz CT molecular complexity index is 586. The highest BCUT2D eigenvalue weighted by atomic mass is 16.5. The first-order chi connectivity index (χ1) is 9.60. The van der Waals surface area contributed by atoms with Crippen LogP contribution in [0.3, 0.4) is 0 Å². The summed E-state index contributed by atoms with van der Waals surface area (Å²) in [5, 5.41) is 12.1. The Morgan fingerprint density at radius 1 is 1.30 bits per heavy atom. The van der Waals surface area contributed by atoms with Crippen LogP contribution in [0.5, 0.6) is 5.75 Å². The van der Waals surface area contributed by atoms with Crippen LogP contribution in [0.4, 0.5) is 0 Å². The second kappa shape index (κ2) is 6.25. The van der Waals surface area contributed by atoms with Crippen LogP contribution in [0.25, 0.3) is 0 Å². The third kappa shape index (κ3) is 3.39. The highest BCUT2D eigenvalue weighted by molar-refractivity contribution is 5.88. The molecule has 0 bridgehead atoms. The molecule has 2 aromatic rings. The van der Waals surface area contributed by atoms with Gasteiger partial charge < -0.3 is 19.6 Å². The number of nitrogens with one attached hydrogen (secondary N) is 1. The van der Waals surface area contributed by atoms with Crippen LogP contribution in [0, 0.1) is 6.92 Å². The van der Waals surface area contributed by atoms with Crippen LogP contribution < -0.4 is 10.1 Å². The molecule has 1 aromatic carbocycles. The van der Waals surface area contributed by atoms with E-state index in [0.29, 0.717) is 24.6 Å². The number of methoxy groups -OCH3 is 1. The lowest BCUT2D eigenvalue weighted by atomic mass is 10.2. The third-order valence-electron chi connectivity index (χ3n) is 2.99. The van der Waals surface area contributed by atoms with E-state index in [2.05, 4.69) is 5.32 Å². The Kier molecular flexibility index (Phi) is 4.42. The van der Waals surface area contributed by atoms with Gasteiger partial charge in [-0.3, -0.25) is 0 Å². The molecule has 1 heterocycles. The predicted molar refractivity (Wildman–Crippen MR) is 73.9 cm³/mol. The van der Waals surface area contributed by atoms with Gasteiger partial charge in [0.05, 0.1) is 13.7 Å². The predicted octanol–water partition coefficient (Wildman–Crippen LogP) is 2.58. The number of carboxylic acids is 1. The molecular formula is C15H17NO4. The number of rotatable bonds is 6. The fourth-order valence-electron chi connectivity index (χ4n) is 1.92. The zero-order chi connectivity index (χ0) is 14.5. The van der Waals surface area contributed by atoms with Crippen molar-refractivity contribution in [3.8, 4) is 5.75 Å². The number of hydrogen-bond acceptors (Lipinski definition) is 4. The largest absolute Gasteiger partial charge is 0.497 e. The molecule has 20 heavy (non-hydrogen) atoms. The van der Waals surface area contributed by atoms with Crippen LogP contribution in [0.15, 0.2) is 34.7 Å². The molecule has 2 N–H and O–H groups in total. The van der Waals surface area contributed by atoms with Gasteiger partial charge in [0.15, 0.2) is 0 Å². The first-order valence-electron chi connectivity index (χ1n) is 6.26. The topological polar surface area (TPSA) is 71.7 Å². The van der Waals surface area contributed by atoms with Gasteiger partial charge in [-0.15, -0.1) is 0 Å². The SMILES string of the molecule is COc1ccc(CNCc2cc(C(=O)O)c(C)o2)cc1. The summed E-state index contributed by atoms with van der Waals surface area (Å²) in [6.07, 6.45) is 0. The van der Waals surface area contributed by atoms with E-state index in [-0.39, 0.29) is 5.56 Å². The normalized spacial score (nSPS) is 10.5. The van der Waals surface area contributed by atoms with Crippen LogP contribution in [-0.2, 0) is 13.1 Å². The fourth-order valence-corrected chi connectivity index (χ4v) is 1.92. The number of ether oxygens (including phenoxy) is 1. The molecule has 5 heteroatoms. The van der Waals surface area contributed by atoms with Crippen molar-refractivity contribution in [3.63, 3.8) is 0 Å². The quantitative estimate of drug-likeness (QED) is 0.847. The van der Waals surface area contributed by atoms with E-state index in [9.17, 15) is 4.79 Å². The Morgan fingerprint density at radius 3 is 2.55 bits per heavy atom. The molecule has 0 aliphatic carbocycles. The molecule has 0 unspecified atom stereocenters. The minimum atomic E-state index is -0.965. The molecule has 2 rings (SSSR count). The Hall–Kier alpha value is -2.27. The maximum Gasteiger partial charge on any atom is 0.339 e. The first kappa shape index (κ1) is 14.1. The lowest BCUT2D eigenvalue weighted by molar-refractivity contribution is 0.0695. The van der Waals surface area contributed by atoms with Crippen LogP contribution in [0.1, 0.15) is 27.4 Å². The summed E-state index contributed by atoms with van der Waals surface area (Å²) in [6, 6.07) is 9.30. The summed E-state index contributed by atoms with van der Waals surface area (Å²) in [5.41, 5.74) is 1.33. The highest BCUT2D eigenvalue weighted by Crippen LogP contribution is 2.15. The lowest BCUT2D eigenvalue weighted by Crippen LogP contribution is -2.12. The Morgan fingerprint density at radius 2 is 2.00 bits per heavy atom. The van der Waals surface area contributed by atoms with Crippen molar-refractivity contribution in [1.29, 1.82) is 0 Å². The van der Waals surface area contributed by atoms with E-state index in [1.165, 1.54) is 0 Å². The molecule has 0 amide bonds. The summed E-state index contributed by atoms with van der Waals surface area (Å²) in [7, 11) is 1.63. The summed E-state index contributed by atoms with van der Waals surface area (Å²) >= 11 is 0. The minimum Gasteiger partial charge on any atom is -0.497 e. The smallest absolute Gasteiger partial charge is 0.339 e. The second-order valence-corrected chi connectivity index (χ2v) is 4.44. The minimum absolute atomic E-state index is 0.214. The van der Waals surface area contributed by atoms with Gasteiger partial charge in [0, 0.05) is 6.54 Å². The molecule has 0 saturated heterocycles. The van der Waals surface area contributed by atoms with Crippen molar-refractivity contribution in [1.82, 2.24) is 5.32 Å². The van der Waals surface area contributed by atoms with Gasteiger partial charge in [0.2, 0.25) is 0 Å². The summed E-state index contributed by atoms with van der Waals surface area (Å²) in [4.78, 5) is 10.9. The molecule has 5 nitrogen and oxygen atoms in total. The molecule has 0 fully saturated rings. The van der Waals surface area contributed by atoms with E-state index in [0.717, 1.165) is 11.3 Å². The third-order valence-corrected chi connectivity index (χ3v) is 2.99. The molecule has 106 valence electrons. The standard InChI is InChI=1S/C15H17NO4/c1-10-14(15(17)18)7-13(20-10)9-16-8-11-3-5-12(19-2)6-4-11/h3-7,16H,8-9H2,1-2H3,(H,17,18). The number of benzene rings is 1. The van der Waals surface area contributed by atoms with Crippen molar-refractivity contribution in [2.24, 2.45) is 0 Å². The van der Waals surface area contributed by atoms with Crippen molar-refractivity contribution in [2.75, 3.05) is 7.11 Å². The van der Waals surface area contributed by atoms with Crippen LogP contribution in [-0.4, -0.2) is 18.2 Å². The summed E-state index contributed by atoms with van der Waals surface area (Å²) < 4.78 is 10.5. The number of aromatic carboxylic acids is 1. The molecule has 0 saturated carbocycles. The number of carbonyl (C=O) groups is 1. The first-order valence-corrected chi connectivity index (χ1v) is 6.26. The number of furan rings is 1. The van der Waals surface area contributed by atoms with Gasteiger partial charge in [0.1, 0.15) is 22.8 Å². The van der Waals surface area contributed by atoms with Crippen molar-refractivity contribution >= 4 is 5.97 Å². The van der Waals surface area contributed by atoms with Gasteiger partial charge in [-0.25, -0.2) is 4.79 Å². The number of aryl methyl sites for hydroxylation is 1. The molecular weight excluding hydrogens is 258 g/mol. The average molecular weight is 275 g/mol.